The van der Waals surface area contributed by atoms with E-state index in [0.29, 0.717) is 0 Å². The Balaban J connectivity index is 2.66. The number of carbonyl (C=O) groups is 1. The number of carbonyl (C=O) groups excluding carboxylic acids is 1. The van der Waals surface area contributed by atoms with E-state index in [2.05, 4.69) is 20.0 Å². The summed E-state index contributed by atoms with van der Waals surface area (Å²) in [6, 6.07) is -0.0538. The molecule has 0 spiro atoms. The largest absolute Gasteiger partial charge is 0.368 e. The minimum Gasteiger partial charge on any atom is -0.368 e. The summed E-state index contributed by atoms with van der Waals surface area (Å²) < 4.78 is 25.6. The van der Waals surface area contributed by atoms with Crippen molar-refractivity contribution in [1.82, 2.24) is 20.0 Å². The Kier molecular flexibility index (Phi) is 4.56. The molecule has 100 valence electrons. The van der Waals surface area contributed by atoms with Crippen LogP contribution in [-0.2, 0) is 14.8 Å². The Hall–Kier alpha value is -1.74. The van der Waals surface area contributed by atoms with Gasteiger partial charge < -0.3 is 11.1 Å². The fourth-order valence-corrected chi connectivity index (χ4v) is 1.95. The molecule has 1 rings (SSSR count). The zero-order chi connectivity index (χ0) is 13.8. The zero-order valence-electron chi connectivity index (χ0n) is 10.0. The van der Waals surface area contributed by atoms with E-state index in [-0.39, 0.29) is 23.4 Å². The molecular weight excluding hydrogens is 258 g/mol. The third-order valence-electron chi connectivity index (χ3n) is 1.83. The topological polar surface area (TPSA) is 127 Å². The number of sulfonamides is 1. The highest BCUT2D eigenvalue weighted by Gasteiger charge is 2.16. The Bertz CT molecular complexity index is 512. The quantitative estimate of drug-likeness (QED) is 0.622. The van der Waals surface area contributed by atoms with E-state index in [1.54, 1.807) is 13.8 Å². The Morgan fingerprint density at radius 1 is 1.39 bits per heavy atom. The van der Waals surface area contributed by atoms with Crippen molar-refractivity contribution in [2.75, 3.05) is 12.3 Å². The van der Waals surface area contributed by atoms with Gasteiger partial charge in [-0.15, -0.1) is 0 Å². The van der Waals surface area contributed by atoms with E-state index in [0.717, 1.165) is 12.4 Å². The predicted octanol–water partition coefficient (Wildman–Crippen LogP) is -1.14. The van der Waals surface area contributed by atoms with Crippen LogP contribution in [0.1, 0.15) is 13.8 Å². The fourth-order valence-electron chi connectivity index (χ4n) is 1.08. The van der Waals surface area contributed by atoms with Gasteiger partial charge >= 0.3 is 0 Å². The van der Waals surface area contributed by atoms with Gasteiger partial charge in [0.15, 0.2) is 0 Å². The first-order valence-corrected chi connectivity index (χ1v) is 6.66. The molecule has 1 heterocycles. The normalized spacial score (nSPS) is 11.5. The van der Waals surface area contributed by atoms with Gasteiger partial charge in [-0.2, -0.15) is 0 Å². The first-order valence-electron chi connectivity index (χ1n) is 5.18. The second-order valence-electron chi connectivity index (χ2n) is 3.82. The molecule has 0 saturated carbocycles. The van der Waals surface area contributed by atoms with Crippen molar-refractivity contribution in [2.45, 2.75) is 24.8 Å². The third kappa shape index (κ3) is 4.26. The number of nitrogens with one attached hydrogen (secondary N) is 2. The van der Waals surface area contributed by atoms with Crippen LogP contribution in [0.15, 0.2) is 17.3 Å². The molecule has 18 heavy (non-hydrogen) atoms. The molecular formula is C9H15N5O3S. The molecule has 0 aliphatic carbocycles. The second kappa shape index (κ2) is 5.74. The van der Waals surface area contributed by atoms with Gasteiger partial charge in [0.1, 0.15) is 4.90 Å². The summed E-state index contributed by atoms with van der Waals surface area (Å²) in [6.45, 7) is 3.21. The number of hydrogen-bond donors (Lipinski definition) is 3. The van der Waals surface area contributed by atoms with Crippen molar-refractivity contribution < 1.29 is 13.2 Å². The van der Waals surface area contributed by atoms with Crippen molar-refractivity contribution in [3.8, 4) is 0 Å². The van der Waals surface area contributed by atoms with E-state index >= 15 is 0 Å². The van der Waals surface area contributed by atoms with Gasteiger partial charge in [0.25, 0.3) is 0 Å². The van der Waals surface area contributed by atoms with Crippen molar-refractivity contribution in [1.29, 1.82) is 0 Å². The number of aromatic nitrogens is 2. The molecule has 0 fully saturated rings. The number of hydrogen-bond acceptors (Lipinski definition) is 6. The number of rotatable bonds is 5. The van der Waals surface area contributed by atoms with Gasteiger partial charge in [-0.1, -0.05) is 0 Å². The predicted molar refractivity (Wildman–Crippen MR) is 64.9 cm³/mol. The summed E-state index contributed by atoms with van der Waals surface area (Å²) in [5.74, 6) is -0.434. The molecule has 1 amide bonds. The van der Waals surface area contributed by atoms with Crippen LogP contribution in [0, 0.1) is 0 Å². The van der Waals surface area contributed by atoms with Crippen LogP contribution in [0.3, 0.4) is 0 Å². The molecule has 0 bridgehead atoms. The molecule has 0 saturated heterocycles. The average molecular weight is 273 g/mol. The molecule has 1 aromatic rings. The van der Waals surface area contributed by atoms with Crippen LogP contribution in [0.25, 0.3) is 0 Å². The average Bonchev–Trinajstić information content (AvgIpc) is 2.26. The fraction of sp³-hybridized carbons (Fsp3) is 0.444. The van der Waals surface area contributed by atoms with Crippen LogP contribution in [0.5, 0.6) is 0 Å². The van der Waals surface area contributed by atoms with Gasteiger partial charge in [0, 0.05) is 6.04 Å². The van der Waals surface area contributed by atoms with Gasteiger partial charge in [-0.3, -0.25) is 4.79 Å². The maximum Gasteiger partial charge on any atom is 0.244 e. The van der Waals surface area contributed by atoms with Crippen molar-refractivity contribution in [3.05, 3.63) is 12.4 Å². The number of nitrogen functional groups attached to an aromatic ring is 1. The summed E-state index contributed by atoms with van der Waals surface area (Å²) in [6.07, 6.45) is 2.15. The molecule has 4 N–H and O–H groups in total. The molecule has 9 heteroatoms. The number of nitrogens with zero attached hydrogens (tertiary/aromatic N) is 2. The number of anilines is 1. The molecule has 0 unspecified atom stereocenters. The monoisotopic (exact) mass is 273 g/mol. The highest BCUT2D eigenvalue weighted by molar-refractivity contribution is 7.89. The maximum atomic E-state index is 11.7. The lowest BCUT2D eigenvalue weighted by Crippen LogP contribution is -2.39. The van der Waals surface area contributed by atoms with Gasteiger partial charge in [0.2, 0.25) is 21.9 Å². The lowest BCUT2D eigenvalue weighted by Gasteiger charge is -2.09. The summed E-state index contributed by atoms with van der Waals surface area (Å²) in [5.41, 5.74) is 5.25. The Morgan fingerprint density at radius 3 is 2.44 bits per heavy atom. The third-order valence-corrected chi connectivity index (χ3v) is 3.19. The highest BCUT2D eigenvalue weighted by atomic mass is 32.2. The summed E-state index contributed by atoms with van der Waals surface area (Å²) in [4.78, 5) is 18.3. The summed E-state index contributed by atoms with van der Waals surface area (Å²) in [7, 11) is -3.80. The summed E-state index contributed by atoms with van der Waals surface area (Å²) >= 11 is 0. The van der Waals surface area contributed by atoms with Crippen LogP contribution < -0.4 is 15.8 Å². The Morgan fingerprint density at radius 2 is 1.94 bits per heavy atom. The standard InChI is InChI=1S/C9H15N5O3S/c1-6(2)14-8(15)5-13-18(16,17)7-3-11-9(10)12-4-7/h3-4,6,13H,5H2,1-2H3,(H,14,15)(H2,10,11,12). The van der Waals surface area contributed by atoms with Crippen molar-refractivity contribution in [2.24, 2.45) is 0 Å². The maximum absolute atomic E-state index is 11.7. The first kappa shape index (κ1) is 14.3. The minimum atomic E-state index is -3.80. The van der Waals surface area contributed by atoms with Crippen LogP contribution >= 0.6 is 0 Å². The van der Waals surface area contributed by atoms with E-state index in [1.165, 1.54) is 0 Å². The highest BCUT2D eigenvalue weighted by Crippen LogP contribution is 2.05. The number of nitrogens with two attached hydrogens (primary N) is 1. The lowest BCUT2D eigenvalue weighted by molar-refractivity contribution is -0.120. The molecule has 1 aromatic heterocycles. The van der Waals surface area contributed by atoms with Crippen LogP contribution in [0.2, 0.25) is 0 Å². The summed E-state index contributed by atoms with van der Waals surface area (Å²) in [5, 5.41) is 2.56. The van der Waals surface area contributed by atoms with Crippen LogP contribution in [0.4, 0.5) is 5.95 Å². The SMILES string of the molecule is CC(C)NC(=O)CNS(=O)(=O)c1cnc(N)nc1. The number of amides is 1. The van der Waals surface area contributed by atoms with E-state index < -0.39 is 15.9 Å². The molecule has 0 radical (unpaired) electrons. The molecule has 0 aliphatic heterocycles. The Labute approximate surface area is 105 Å². The minimum absolute atomic E-state index is 0.0218. The van der Waals surface area contributed by atoms with Crippen molar-refractivity contribution in [3.63, 3.8) is 0 Å². The van der Waals surface area contributed by atoms with Gasteiger partial charge in [-0.25, -0.2) is 23.1 Å². The van der Waals surface area contributed by atoms with E-state index in [9.17, 15) is 13.2 Å². The van der Waals surface area contributed by atoms with E-state index in [1.807, 2.05) is 0 Å². The van der Waals surface area contributed by atoms with Gasteiger partial charge in [-0.05, 0) is 13.8 Å². The molecule has 8 nitrogen and oxygen atoms in total. The first-order chi connectivity index (χ1) is 8.31. The molecule has 0 aliphatic rings. The molecule has 0 aromatic carbocycles. The van der Waals surface area contributed by atoms with Gasteiger partial charge in [0.05, 0.1) is 18.9 Å². The molecule has 0 atom stereocenters. The second-order valence-corrected chi connectivity index (χ2v) is 5.59. The van der Waals surface area contributed by atoms with Crippen LogP contribution in [-0.4, -0.2) is 36.9 Å². The van der Waals surface area contributed by atoms with E-state index in [4.69, 9.17) is 5.73 Å². The van der Waals surface area contributed by atoms with Crippen molar-refractivity contribution >= 4 is 21.9 Å². The lowest BCUT2D eigenvalue weighted by atomic mass is 10.4. The zero-order valence-corrected chi connectivity index (χ0v) is 10.9. The smallest absolute Gasteiger partial charge is 0.244 e.